The maximum absolute atomic E-state index is 5.62. The number of nitrogens with one attached hydrogen (secondary N) is 1. The molecule has 0 radical (unpaired) electrons. The van der Waals surface area contributed by atoms with Crippen molar-refractivity contribution in [1.29, 1.82) is 0 Å². The number of benzene rings is 2. The third kappa shape index (κ3) is 2.52. The van der Waals surface area contributed by atoms with Crippen LogP contribution in [-0.2, 0) is 6.42 Å². The van der Waals surface area contributed by atoms with E-state index in [1.165, 1.54) is 5.56 Å². The Balaban J connectivity index is 1.83. The lowest BCUT2D eigenvalue weighted by Crippen LogP contribution is -2.06. The molecule has 102 valence electrons. The molecule has 20 heavy (non-hydrogen) atoms. The SMILES string of the molecule is CCc1nc2cc(NC(C)c3ccccc3)ccc2o1. The van der Waals surface area contributed by atoms with E-state index in [0.29, 0.717) is 0 Å². The van der Waals surface area contributed by atoms with Crippen LogP contribution < -0.4 is 5.32 Å². The first-order valence-corrected chi connectivity index (χ1v) is 6.97. The van der Waals surface area contributed by atoms with Crippen LogP contribution in [0.4, 0.5) is 5.69 Å². The molecule has 3 aromatic rings. The number of fused-ring (bicyclic) bond motifs is 1. The number of hydrogen-bond acceptors (Lipinski definition) is 3. The molecule has 0 saturated heterocycles. The maximum Gasteiger partial charge on any atom is 0.195 e. The quantitative estimate of drug-likeness (QED) is 0.752. The molecule has 3 rings (SSSR count). The topological polar surface area (TPSA) is 38.1 Å². The van der Waals surface area contributed by atoms with Crippen LogP contribution in [0.15, 0.2) is 52.9 Å². The first-order valence-electron chi connectivity index (χ1n) is 6.97. The lowest BCUT2D eigenvalue weighted by Gasteiger charge is -2.15. The molecule has 0 saturated carbocycles. The van der Waals surface area contributed by atoms with E-state index in [1.807, 2.05) is 31.2 Å². The third-order valence-electron chi connectivity index (χ3n) is 3.42. The van der Waals surface area contributed by atoms with Gasteiger partial charge in [0.25, 0.3) is 0 Å². The van der Waals surface area contributed by atoms with E-state index < -0.39 is 0 Å². The summed E-state index contributed by atoms with van der Waals surface area (Å²) in [5, 5.41) is 3.50. The molecule has 0 spiro atoms. The molecule has 3 nitrogen and oxygen atoms in total. The van der Waals surface area contributed by atoms with Crippen LogP contribution >= 0.6 is 0 Å². The number of rotatable bonds is 4. The van der Waals surface area contributed by atoms with Gasteiger partial charge in [0.15, 0.2) is 11.5 Å². The summed E-state index contributed by atoms with van der Waals surface area (Å²) in [6.45, 7) is 4.20. The van der Waals surface area contributed by atoms with E-state index in [9.17, 15) is 0 Å². The number of nitrogens with zero attached hydrogens (tertiary/aromatic N) is 1. The molecule has 0 bridgehead atoms. The lowest BCUT2D eigenvalue weighted by molar-refractivity contribution is 0.538. The molecule has 1 heterocycles. The summed E-state index contributed by atoms with van der Waals surface area (Å²) in [7, 11) is 0. The van der Waals surface area contributed by atoms with Gasteiger partial charge in [-0.05, 0) is 30.7 Å². The summed E-state index contributed by atoms with van der Waals surface area (Å²) in [6, 6.07) is 16.7. The summed E-state index contributed by atoms with van der Waals surface area (Å²) in [4.78, 5) is 4.47. The van der Waals surface area contributed by atoms with Crippen molar-refractivity contribution in [3.63, 3.8) is 0 Å². The van der Waals surface area contributed by atoms with Gasteiger partial charge >= 0.3 is 0 Å². The number of aromatic nitrogens is 1. The van der Waals surface area contributed by atoms with Crippen molar-refractivity contribution in [1.82, 2.24) is 4.98 Å². The highest BCUT2D eigenvalue weighted by molar-refractivity contribution is 5.77. The number of oxazole rings is 1. The molecule has 0 amide bonds. The largest absolute Gasteiger partial charge is 0.441 e. The van der Waals surface area contributed by atoms with Crippen molar-refractivity contribution < 1.29 is 4.42 Å². The second kappa shape index (κ2) is 5.37. The minimum atomic E-state index is 0.256. The number of anilines is 1. The minimum absolute atomic E-state index is 0.256. The van der Waals surface area contributed by atoms with E-state index in [0.717, 1.165) is 29.1 Å². The van der Waals surface area contributed by atoms with Gasteiger partial charge in [0.2, 0.25) is 0 Å². The maximum atomic E-state index is 5.62. The van der Waals surface area contributed by atoms with Gasteiger partial charge in [0.1, 0.15) is 5.52 Å². The zero-order chi connectivity index (χ0) is 13.9. The number of hydrogen-bond donors (Lipinski definition) is 1. The Morgan fingerprint density at radius 1 is 1.15 bits per heavy atom. The molecule has 0 aliphatic carbocycles. The third-order valence-corrected chi connectivity index (χ3v) is 3.42. The molecule has 1 atom stereocenters. The van der Waals surface area contributed by atoms with E-state index in [-0.39, 0.29) is 6.04 Å². The van der Waals surface area contributed by atoms with Crippen LogP contribution in [0.2, 0.25) is 0 Å². The highest BCUT2D eigenvalue weighted by Crippen LogP contribution is 2.23. The summed E-state index contributed by atoms with van der Waals surface area (Å²) >= 11 is 0. The molecule has 3 heteroatoms. The van der Waals surface area contributed by atoms with Crippen molar-refractivity contribution in [2.75, 3.05) is 5.32 Å². The van der Waals surface area contributed by atoms with Crippen LogP contribution in [0.3, 0.4) is 0 Å². The van der Waals surface area contributed by atoms with E-state index in [4.69, 9.17) is 4.42 Å². The summed E-state index contributed by atoms with van der Waals surface area (Å²) in [5.41, 5.74) is 4.08. The van der Waals surface area contributed by atoms with Crippen molar-refractivity contribution >= 4 is 16.8 Å². The second-order valence-electron chi connectivity index (χ2n) is 4.92. The van der Waals surface area contributed by atoms with Crippen LogP contribution in [0, 0.1) is 0 Å². The van der Waals surface area contributed by atoms with Gasteiger partial charge in [0, 0.05) is 18.2 Å². The molecule has 0 fully saturated rings. The van der Waals surface area contributed by atoms with E-state index in [1.54, 1.807) is 0 Å². The summed E-state index contributed by atoms with van der Waals surface area (Å²) in [6.07, 6.45) is 0.817. The smallest absolute Gasteiger partial charge is 0.195 e. The van der Waals surface area contributed by atoms with Gasteiger partial charge in [-0.25, -0.2) is 4.98 Å². The van der Waals surface area contributed by atoms with Gasteiger partial charge in [-0.15, -0.1) is 0 Å². The fraction of sp³-hybridized carbons (Fsp3) is 0.235. The summed E-state index contributed by atoms with van der Waals surface area (Å²) < 4.78 is 5.62. The standard InChI is InChI=1S/C17H18N2O/c1-3-17-19-15-11-14(9-10-16(15)20-17)18-12(2)13-7-5-4-6-8-13/h4-12,18H,3H2,1-2H3. The van der Waals surface area contributed by atoms with Gasteiger partial charge in [-0.3, -0.25) is 0 Å². The molecule has 0 aliphatic heterocycles. The van der Waals surface area contributed by atoms with Gasteiger partial charge in [-0.2, -0.15) is 0 Å². The highest BCUT2D eigenvalue weighted by Gasteiger charge is 2.08. The molecule has 2 aromatic carbocycles. The van der Waals surface area contributed by atoms with Crippen LogP contribution in [0.25, 0.3) is 11.1 Å². The Bertz CT molecular complexity index is 703. The normalized spacial score (nSPS) is 12.5. The predicted octanol–water partition coefficient (Wildman–Crippen LogP) is 4.56. The van der Waals surface area contributed by atoms with Gasteiger partial charge in [-0.1, -0.05) is 37.3 Å². The van der Waals surface area contributed by atoms with Crippen molar-refractivity contribution in [2.45, 2.75) is 26.3 Å². The molecule has 1 aromatic heterocycles. The van der Waals surface area contributed by atoms with E-state index in [2.05, 4.69) is 41.5 Å². The lowest BCUT2D eigenvalue weighted by atomic mass is 10.1. The van der Waals surface area contributed by atoms with E-state index >= 15 is 0 Å². The van der Waals surface area contributed by atoms with Crippen molar-refractivity contribution in [3.05, 3.63) is 60.0 Å². The molecule has 1 unspecified atom stereocenters. The van der Waals surface area contributed by atoms with Gasteiger partial charge in [0.05, 0.1) is 0 Å². The van der Waals surface area contributed by atoms with Crippen LogP contribution in [0.1, 0.15) is 31.3 Å². The highest BCUT2D eigenvalue weighted by atomic mass is 16.3. The monoisotopic (exact) mass is 266 g/mol. The zero-order valence-corrected chi connectivity index (χ0v) is 11.8. The first kappa shape index (κ1) is 12.7. The molecule has 0 aliphatic rings. The molecular formula is C17H18N2O. The average Bonchev–Trinajstić information content (AvgIpc) is 2.90. The molecule has 1 N–H and O–H groups in total. The molecular weight excluding hydrogens is 248 g/mol. The van der Waals surface area contributed by atoms with Crippen molar-refractivity contribution in [3.8, 4) is 0 Å². The Morgan fingerprint density at radius 3 is 2.70 bits per heavy atom. The Hall–Kier alpha value is -2.29. The number of aryl methyl sites for hydroxylation is 1. The first-order chi connectivity index (χ1) is 9.76. The zero-order valence-electron chi connectivity index (χ0n) is 11.8. The Morgan fingerprint density at radius 2 is 1.95 bits per heavy atom. The second-order valence-corrected chi connectivity index (χ2v) is 4.92. The van der Waals surface area contributed by atoms with Gasteiger partial charge < -0.3 is 9.73 Å². The minimum Gasteiger partial charge on any atom is -0.441 e. The predicted molar refractivity (Wildman–Crippen MR) is 81.9 cm³/mol. The summed E-state index contributed by atoms with van der Waals surface area (Å²) in [5.74, 6) is 0.785. The van der Waals surface area contributed by atoms with Crippen molar-refractivity contribution in [2.24, 2.45) is 0 Å². The van der Waals surface area contributed by atoms with Crippen LogP contribution in [0.5, 0.6) is 0 Å². The Labute approximate surface area is 118 Å². The van der Waals surface area contributed by atoms with Crippen LogP contribution in [-0.4, -0.2) is 4.98 Å². The average molecular weight is 266 g/mol. The fourth-order valence-electron chi connectivity index (χ4n) is 2.29. The Kier molecular flexibility index (Phi) is 3.42. The fourth-order valence-corrected chi connectivity index (χ4v) is 2.29.